The minimum Gasteiger partial charge on any atom is -0.481 e. The second-order valence-electron chi connectivity index (χ2n) is 6.03. The molecule has 0 radical (unpaired) electrons. The molecule has 2 N–H and O–H groups in total. The van der Waals surface area contributed by atoms with Gasteiger partial charge in [-0.1, -0.05) is 0 Å². The fourth-order valence-electron chi connectivity index (χ4n) is 3.15. The van der Waals surface area contributed by atoms with Crippen LogP contribution in [0.5, 0.6) is 0 Å². The van der Waals surface area contributed by atoms with Crippen LogP contribution in [0.15, 0.2) is 0 Å². The van der Waals surface area contributed by atoms with Gasteiger partial charge in [-0.3, -0.25) is 4.79 Å². The van der Waals surface area contributed by atoms with E-state index in [1.54, 1.807) is 0 Å². The molecule has 2 amide bonds. The number of carboxylic acid groups (broad SMARTS) is 1. The molecule has 0 bridgehead atoms. The number of carbonyl (C=O) groups excluding carboxylic acids is 1. The van der Waals surface area contributed by atoms with Gasteiger partial charge in [0.15, 0.2) is 0 Å². The van der Waals surface area contributed by atoms with E-state index in [4.69, 9.17) is 9.84 Å². The molecule has 2 saturated heterocycles. The number of likely N-dealkylation sites (tertiary alicyclic amines) is 1. The Labute approximate surface area is 125 Å². The van der Waals surface area contributed by atoms with Crippen molar-refractivity contribution in [3.8, 4) is 0 Å². The van der Waals surface area contributed by atoms with E-state index in [1.165, 1.54) is 0 Å². The van der Waals surface area contributed by atoms with E-state index in [-0.39, 0.29) is 18.5 Å². The molecule has 2 aliphatic rings. The van der Waals surface area contributed by atoms with E-state index in [0.717, 1.165) is 51.9 Å². The zero-order valence-corrected chi connectivity index (χ0v) is 12.6. The molecule has 2 heterocycles. The van der Waals surface area contributed by atoms with Crippen molar-refractivity contribution in [1.29, 1.82) is 0 Å². The zero-order chi connectivity index (χ0) is 15.1. The summed E-state index contributed by atoms with van der Waals surface area (Å²) in [5.74, 6) is -0.225. The van der Waals surface area contributed by atoms with Gasteiger partial charge in [-0.25, -0.2) is 4.79 Å². The lowest BCUT2D eigenvalue weighted by atomic mass is 9.98. The molecule has 6 nitrogen and oxygen atoms in total. The van der Waals surface area contributed by atoms with Crippen molar-refractivity contribution in [2.24, 2.45) is 5.92 Å². The van der Waals surface area contributed by atoms with Crippen molar-refractivity contribution in [2.75, 3.05) is 26.3 Å². The van der Waals surface area contributed by atoms with Gasteiger partial charge in [-0.15, -0.1) is 0 Å². The van der Waals surface area contributed by atoms with Crippen LogP contribution in [-0.4, -0.2) is 54.4 Å². The number of rotatable bonds is 6. The molecule has 0 aromatic rings. The molecule has 2 rings (SSSR count). The molecule has 0 aliphatic carbocycles. The van der Waals surface area contributed by atoms with Crippen LogP contribution in [-0.2, 0) is 9.53 Å². The molecule has 120 valence electrons. The van der Waals surface area contributed by atoms with Gasteiger partial charge in [-0.05, 0) is 44.4 Å². The van der Waals surface area contributed by atoms with Crippen LogP contribution in [0, 0.1) is 5.92 Å². The third kappa shape index (κ3) is 5.19. The normalized spacial score (nSPS) is 25.8. The average Bonchev–Trinajstić information content (AvgIpc) is 2.98. The Kier molecular flexibility index (Phi) is 6.29. The van der Waals surface area contributed by atoms with Crippen LogP contribution >= 0.6 is 0 Å². The Balaban J connectivity index is 1.73. The van der Waals surface area contributed by atoms with Crippen LogP contribution in [0.3, 0.4) is 0 Å². The van der Waals surface area contributed by atoms with Crippen LogP contribution in [0.4, 0.5) is 4.79 Å². The number of carboxylic acids is 1. The molecule has 2 fully saturated rings. The van der Waals surface area contributed by atoms with Crippen LogP contribution in [0.2, 0.25) is 0 Å². The Morgan fingerprint density at radius 1 is 1.24 bits per heavy atom. The highest BCUT2D eigenvalue weighted by Gasteiger charge is 2.27. The molecule has 0 aromatic heterocycles. The maximum Gasteiger partial charge on any atom is 0.317 e. The van der Waals surface area contributed by atoms with E-state index >= 15 is 0 Å². The first-order chi connectivity index (χ1) is 10.2. The minimum atomic E-state index is -0.790. The van der Waals surface area contributed by atoms with Gasteiger partial charge in [0.1, 0.15) is 0 Å². The Bertz CT molecular complexity index is 356. The highest BCUT2D eigenvalue weighted by molar-refractivity contribution is 5.74. The highest BCUT2D eigenvalue weighted by Crippen LogP contribution is 2.21. The largest absolute Gasteiger partial charge is 0.481 e. The van der Waals surface area contributed by atoms with Gasteiger partial charge >= 0.3 is 12.0 Å². The third-order valence-corrected chi connectivity index (χ3v) is 4.43. The number of amides is 2. The molecule has 0 saturated carbocycles. The lowest BCUT2D eigenvalue weighted by Gasteiger charge is -2.35. The quantitative estimate of drug-likeness (QED) is 0.784. The second-order valence-corrected chi connectivity index (χ2v) is 6.03. The molecular weight excluding hydrogens is 272 g/mol. The number of urea groups is 1. The Morgan fingerprint density at radius 2 is 2.10 bits per heavy atom. The third-order valence-electron chi connectivity index (χ3n) is 4.43. The van der Waals surface area contributed by atoms with Gasteiger partial charge < -0.3 is 20.1 Å². The van der Waals surface area contributed by atoms with Crippen molar-refractivity contribution in [3.63, 3.8) is 0 Å². The maximum absolute atomic E-state index is 12.3. The van der Waals surface area contributed by atoms with Crippen molar-refractivity contribution in [1.82, 2.24) is 10.2 Å². The van der Waals surface area contributed by atoms with Crippen molar-refractivity contribution in [2.45, 2.75) is 51.0 Å². The number of carbonyl (C=O) groups is 2. The summed E-state index contributed by atoms with van der Waals surface area (Å²) < 4.78 is 5.32. The zero-order valence-electron chi connectivity index (χ0n) is 12.6. The molecular formula is C15H26N2O4. The van der Waals surface area contributed by atoms with Gasteiger partial charge in [0.05, 0.1) is 0 Å². The SMILES string of the molecule is O=C(O)CCC1CCCCN1C(=O)NCCC1CCOC1. The predicted molar refractivity (Wildman–Crippen MR) is 78.2 cm³/mol. The second kappa shape index (κ2) is 8.22. The summed E-state index contributed by atoms with van der Waals surface area (Å²) in [5, 5.41) is 11.8. The monoisotopic (exact) mass is 298 g/mol. The Morgan fingerprint density at radius 3 is 2.81 bits per heavy atom. The first-order valence-corrected chi connectivity index (χ1v) is 8.01. The van der Waals surface area contributed by atoms with Gasteiger partial charge in [0, 0.05) is 38.8 Å². The van der Waals surface area contributed by atoms with E-state index < -0.39 is 5.97 Å². The molecule has 0 aromatic carbocycles. The van der Waals surface area contributed by atoms with Crippen LogP contribution in [0.1, 0.15) is 44.9 Å². The Hall–Kier alpha value is -1.30. The number of nitrogens with zero attached hydrogens (tertiary/aromatic N) is 1. The molecule has 2 unspecified atom stereocenters. The predicted octanol–water partition coefficient (Wildman–Crippen LogP) is 1.84. The molecule has 2 atom stereocenters. The first-order valence-electron chi connectivity index (χ1n) is 8.01. The highest BCUT2D eigenvalue weighted by atomic mass is 16.5. The average molecular weight is 298 g/mol. The number of nitrogens with one attached hydrogen (secondary N) is 1. The number of hydrogen-bond donors (Lipinski definition) is 2. The number of hydrogen-bond acceptors (Lipinski definition) is 3. The van der Waals surface area contributed by atoms with E-state index in [1.807, 2.05) is 4.90 Å². The summed E-state index contributed by atoms with van der Waals surface area (Å²) in [7, 11) is 0. The number of aliphatic carboxylic acids is 1. The van der Waals surface area contributed by atoms with Gasteiger partial charge in [-0.2, -0.15) is 0 Å². The summed E-state index contributed by atoms with van der Waals surface area (Å²) in [6, 6.07) is 0.0358. The lowest BCUT2D eigenvalue weighted by molar-refractivity contribution is -0.137. The summed E-state index contributed by atoms with van der Waals surface area (Å²) in [4.78, 5) is 24.8. The molecule has 0 spiro atoms. The lowest BCUT2D eigenvalue weighted by Crippen LogP contribution is -2.49. The van der Waals surface area contributed by atoms with Crippen LogP contribution < -0.4 is 5.32 Å². The first kappa shape index (κ1) is 16.1. The molecule has 6 heteroatoms. The van der Waals surface area contributed by atoms with Gasteiger partial charge in [0.25, 0.3) is 0 Å². The number of piperidine rings is 1. The summed E-state index contributed by atoms with van der Waals surface area (Å²) >= 11 is 0. The molecule has 2 aliphatic heterocycles. The maximum atomic E-state index is 12.3. The van der Waals surface area contributed by atoms with E-state index in [2.05, 4.69) is 5.32 Å². The molecule has 21 heavy (non-hydrogen) atoms. The van der Waals surface area contributed by atoms with Crippen molar-refractivity contribution in [3.05, 3.63) is 0 Å². The topological polar surface area (TPSA) is 78.9 Å². The summed E-state index contributed by atoms with van der Waals surface area (Å²) in [6.45, 7) is 3.06. The van der Waals surface area contributed by atoms with Gasteiger partial charge in [0.2, 0.25) is 0 Å². The van der Waals surface area contributed by atoms with Crippen molar-refractivity contribution >= 4 is 12.0 Å². The fourth-order valence-corrected chi connectivity index (χ4v) is 3.15. The number of ether oxygens (including phenoxy) is 1. The van der Waals surface area contributed by atoms with E-state index in [0.29, 0.717) is 18.9 Å². The smallest absolute Gasteiger partial charge is 0.317 e. The standard InChI is InChI=1S/C15H26N2O4/c18-14(19)5-4-13-3-1-2-9-17(13)15(20)16-8-6-12-7-10-21-11-12/h12-13H,1-11H2,(H,16,20)(H,18,19). The van der Waals surface area contributed by atoms with E-state index in [9.17, 15) is 9.59 Å². The fraction of sp³-hybridized carbons (Fsp3) is 0.867. The summed E-state index contributed by atoms with van der Waals surface area (Å²) in [5.41, 5.74) is 0. The minimum absolute atomic E-state index is 0.0380. The van der Waals surface area contributed by atoms with Crippen LogP contribution in [0.25, 0.3) is 0 Å². The van der Waals surface area contributed by atoms with Crippen molar-refractivity contribution < 1.29 is 19.4 Å². The summed E-state index contributed by atoms with van der Waals surface area (Å²) in [6.07, 6.45) is 5.73.